The van der Waals surface area contributed by atoms with Gasteiger partial charge in [-0.2, -0.15) is 0 Å². The lowest BCUT2D eigenvalue weighted by Crippen LogP contribution is -2.32. The second kappa shape index (κ2) is 8.96. The molecular formula is C20H26N2O2. The zero-order valence-corrected chi connectivity index (χ0v) is 14.6. The number of carbonyl (C=O) groups is 1. The Bertz CT molecular complexity index is 624. The van der Waals surface area contributed by atoms with Crippen LogP contribution < -0.4 is 15.4 Å². The molecule has 0 saturated carbocycles. The summed E-state index contributed by atoms with van der Waals surface area (Å²) in [6.07, 6.45) is 0. The molecule has 0 aliphatic heterocycles. The van der Waals surface area contributed by atoms with Crippen LogP contribution in [0.2, 0.25) is 0 Å². The monoisotopic (exact) mass is 326 g/mol. The van der Waals surface area contributed by atoms with E-state index in [2.05, 4.69) is 24.5 Å². The Morgan fingerprint density at radius 2 is 1.67 bits per heavy atom. The zero-order valence-electron chi connectivity index (χ0n) is 14.6. The minimum Gasteiger partial charge on any atom is -0.493 e. The van der Waals surface area contributed by atoms with Gasteiger partial charge in [0, 0.05) is 5.69 Å². The number of hydrogen-bond acceptors (Lipinski definition) is 3. The number of amides is 1. The standard InChI is InChI=1S/C20H26N2O2/c1-15(2)14-24-19-11-9-18(10-12-19)21-13-20(23)22-16(3)17-7-5-4-6-8-17/h4-12,15-16,21H,13-14H2,1-3H3,(H,22,23). The van der Waals surface area contributed by atoms with Gasteiger partial charge in [0.1, 0.15) is 5.75 Å². The van der Waals surface area contributed by atoms with Crippen LogP contribution in [0.1, 0.15) is 32.4 Å². The van der Waals surface area contributed by atoms with Crippen LogP contribution in [-0.2, 0) is 4.79 Å². The molecule has 2 aromatic carbocycles. The van der Waals surface area contributed by atoms with Crippen molar-refractivity contribution in [3.8, 4) is 5.75 Å². The zero-order chi connectivity index (χ0) is 17.4. The molecule has 2 N–H and O–H groups in total. The highest BCUT2D eigenvalue weighted by molar-refractivity contribution is 5.81. The largest absolute Gasteiger partial charge is 0.493 e. The molecule has 0 aromatic heterocycles. The third kappa shape index (κ3) is 5.95. The van der Waals surface area contributed by atoms with Crippen molar-refractivity contribution in [3.63, 3.8) is 0 Å². The molecule has 1 amide bonds. The van der Waals surface area contributed by atoms with Crippen molar-refractivity contribution in [2.24, 2.45) is 5.92 Å². The number of hydrogen-bond donors (Lipinski definition) is 2. The molecule has 2 aromatic rings. The molecule has 4 heteroatoms. The first-order valence-corrected chi connectivity index (χ1v) is 8.35. The number of nitrogens with one attached hydrogen (secondary N) is 2. The van der Waals surface area contributed by atoms with E-state index in [-0.39, 0.29) is 18.5 Å². The Kier molecular flexibility index (Phi) is 6.67. The summed E-state index contributed by atoms with van der Waals surface area (Å²) in [5.74, 6) is 1.31. The van der Waals surface area contributed by atoms with E-state index in [1.54, 1.807) is 0 Å². The summed E-state index contributed by atoms with van der Waals surface area (Å²) >= 11 is 0. The molecule has 0 fully saturated rings. The molecule has 0 spiro atoms. The summed E-state index contributed by atoms with van der Waals surface area (Å²) in [6, 6.07) is 17.6. The summed E-state index contributed by atoms with van der Waals surface area (Å²) in [5.41, 5.74) is 1.99. The Morgan fingerprint density at radius 3 is 2.29 bits per heavy atom. The second-order valence-corrected chi connectivity index (χ2v) is 6.28. The summed E-state index contributed by atoms with van der Waals surface area (Å²) in [5, 5.41) is 6.11. The molecule has 0 bridgehead atoms. The molecule has 0 radical (unpaired) electrons. The van der Waals surface area contributed by atoms with Crippen molar-refractivity contribution >= 4 is 11.6 Å². The Labute approximate surface area is 144 Å². The van der Waals surface area contributed by atoms with E-state index in [0.717, 1.165) is 17.0 Å². The van der Waals surface area contributed by atoms with Crippen LogP contribution in [0.5, 0.6) is 5.75 Å². The average molecular weight is 326 g/mol. The third-order valence-corrected chi connectivity index (χ3v) is 3.57. The van der Waals surface area contributed by atoms with Crippen LogP contribution in [0.4, 0.5) is 5.69 Å². The maximum Gasteiger partial charge on any atom is 0.239 e. The first kappa shape index (κ1) is 17.9. The van der Waals surface area contributed by atoms with Gasteiger partial charge in [-0.25, -0.2) is 0 Å². The molecule has 0 aliphatic rings. The second-order valence-electron chi connectivity index (χ2n) is 6.28. The normalized spacial score (nSPS) is 11.8. The summed E-state index contributed by atoms with van der Waals surface area (Å²) < 4.78 is 5.64. The maximum atomic E-state index is 12.0. The lowest BCUT2D eigenvalue weighted by Gasteiger charge is -2.15. The predicted molar refractivity (Wildman–Crippen MR) is 98.3 cm³/mol. The van der Waals surface area contributed by atoms with Crippen molar-refractivity contribution in [1.29, 1.82) is 0 Å². The van der Waals surface area contributed by atoms with E-state index in [9.17, 15) is 4.79 Å². The topological polar surface area (TPSA) is 50.4 Å². The van der Waals surface area contributed by atoms with Crippen molar-refractivity contribution in [1.82, 2.24) is 5.32 Å². The van der Waals surface area contributed by atoms with E-state index < -0.39 is 0 Å². The fourth-order valence-corrected chi connectivity index (χ4v) is 2.23. The molecule has 1 unspecified atom stereocenters. The van der Waals surface area contributed by atoms with Crippen LogP contribution in [0.15, 0.2) is 54.6 Å². The van der Waals surface area contributed by atoms with E-state index >= 15 is 0 Å². The Balaban J connectivity index is 1.77. The van der Waals surface area contributed by atoms with Gasteiger partial charge in [0.15, 0.2) is 0 Å². The van der Waals surface area contributed by atoms with Crippen LogP contribution in [0.25, 0.3) is 0 Å². The molecular weight excluding hydrogens is 300 g/mol. The van der Waals surface area contributed by atoms with Gasteiger partial charge >= 0.3 is 0 Å². The van der Waals surface area contributed by atoms with Gasteiger partial charge in [-0.1, -0.05) is 44.2 Å². The van der Waals surface area contributed by atoms with Gasteiger partial charge in [0.05, 0.1) is 19.2 Å². The maximum absolute atomic E-state index is 12.0. The van der Waals surface area contributed by atoms with Gasteiger partial charge in [-0.05, 0) is 42.7 Å². The van der Waals surface area contributed by atoms with Crippen molar-refractivity contribution in [2.75, 3.05) is 18.5 Å². The summed E-state index contributed by atoms with van der Waals surface area (Å²) in [6.45, 7) is 7.15. The molecule has 128 valence electrons. The Morgan fingerprint density at radius 1 is 1.00 bits per heavy atom. The molecule has 0 saturated heterocycles. The molecule has 1 atom stereocenters. The highest BCUT2D eigenvalue weighted by Crippen LogP contribution is 2.16. The quantitative estimate of drug-likeness (QED) is 0.770. The van der Waals surface area contributed by atoms with Crippen molar-refractivity contribution in [3.05, 3.63) is 60.2 Å². The molecule has 4 nitrogen and oxygen atoms in total. The van der Waals surface area contributed by atoms with Crippen molar-refractivity contribution in [2.45, 2.75) is 26.8 Å². The highest BCUT2D eigenvalue weighted by atomic mass is 16.5. The minimum absolute atomic E-state index is 0.00712. The van der Waals surface area contributed by atoms with Crippen LogP contribution in [0.3, 0.4) is 0 Å². The van der Waals surface area contributed by atoms with Crippen molar-refractivity contribution < 1.29 is 9.53 Å². The van der Waals surface area contributed by atoms with Crippen LogP contribution in [0, 0.1) is 5.92 Å². The lowest BCUT2D eigenvalue weighted by molar-refractivity contribution is -0.120. The summed E-state index contributed by atoms with van der Waals surface area (Å²) in [7, 11) is 0. The Hall–Kier alpha value is -2.49. The first-order chi connectivity index (χ1) is 11.5. The van der Waals surface area contributed by atoms with E-state index in [1.165, 1.54) is 0 Å². The fraction of sp³-hybridized carbons (Fsp3) is 0.350. The van der Waals surface area contributed by atoms with Crippen LogP contribution >= 0.6 is 0 Å². The van der Waals surface area contributed by atoms with E-state index in [0.29, 0.717) is 12.5 Å². The predicted octanol–water partition coefficient (Wildman–Crippen LogP) is 4.01. The molecule has 0 aliphatic carbocycles. The van der Waals surface area contributed by atoms with Gasteiger partial charge < -0.3 is 15.4 Å². The molecule has 0 heterocycles. The third-order valence-electron chi connectivity index (χ3n) is 3.57. The SMILES string of the molecule is CC(C)COc1ccc(NCC(=O)NC(C)c2ccccc2)cc1. The lowest BCUT2D eigenvalue weighted by atomic mass is 10.1. The van der Waals surface area contributed by atoms with E-state index in [1.807, 2.05) is 61.5 Å². The minimum atomic E-state index is -0.0357. The van der Waals surface area contributed by atoms with Gasteiger partial charge in [-0.3, -0.25) is 4.79 Å². The molecule has 2 rings (SSSR count). The van der Waals surface area contributed by atoms with Gasteiger partial charge in [0.25, 0.3) is 0 Å². The number of carbonyl (C=O) groups excluding carboxylic acids is 1. The van der Waals surface area contributed by atoms with E-state index in [4.69, 9.17) is 4.74 Å². The average Bonchev–Trinajstić information content (AvgIpc) is 2.59. The molecule has 24 heavy (non-hydrogen) atoms. The number of ether oxygens (including phenoxy) is 1. The number of benzene rings is 2. The van der Waals surface area contributed by atoms with Gasteiger partial charge in [0.2, 0.25) is 5.91 Å². The number of rotatable bonds is 8. The highest BCUT2D eigenvalue weighted by Gasteiger charge is 2.08. The summed E-state index contributed by atoms with van der Waals surface area (Å²) in [4.78, 5) is 12.0. The van der Waals surface area contributed by atoms with Crippen LogP contribution in [-0.4, -0.2) is 19.1 Å². The van der Waals surface area contributed by atoms with Gasteiger partial charge in [-0.15, -0.1) is 0 Å². The fourth-order valence-electron chi connectivity index (χ4n) is 2.23. The number of anilines is 1. The first-order valence-electron chi connectivity index (χ1n) is 8.35. The smallest absolute Gasteiger partial charge is 0.239 e.